The van der Waals surface area contributed by atoms with E-state index in [1.54, 1.807) is 25.6 Å². The van der Waals surface area contributed by atoms with Crippen LogP contribution in [-0.4, -0.2) is 31.2 Å². The minimum Gasteiger partial charge on any atom is -0.497 e. The highest BCUT2D eigenvalue weighted by Gasteiger charge is 2.13. The molecule has 0 radical (unpaired) electrons. The Balaban J connectivity index is 1.72. The number of benzene rings is 1. The number of methoxy groups -OCH3 is 2. The predicted molar refractivity (Wildman–Crippen MR) is 99.3 cm³/mol. The maximum absolute atomic E-state index is 5.63. The second-order valence-corrected chi connectivity index (χ2v) is 6.75. The second-order valence-electron chi connectivity index (χ2n) is 5.89. The highest BCUT2D eigenvalue weighted by atomic mass is 32.1. The Labute approximate surface area is 151 Å². The maximum atomic E-state index is 5.63. The number of hydrogen-bond donors (Lipinski definition) is 0. The molecule has 25 heavy (non-hydrogen) atoms. The van der Waals surface area contributed by atoms with E-state index in [0.29, 0.717) is 0 Å². The fourth-order valence-electron chi connectivity index (χ4n) is 2.65. The molecule has 0 saturated carbocycles. The summed E-state index contributed by atoms with van der Waals surface area (Å²) in [6.45, 7) is 3.47. The maximum Gasteiger partial charge on any atom is 0.132 e. The van der Waals surface area contributed by atoms with Crippen LogP contribution in [0.25, 0.3) is 10.6 Å². The normalized spacial score (nSPS) is 11.1. The summed E-state index contributed by atoms with van der Waals surface area (Å²) in [5.41, 5.74) is 2.01. The van der Waals surface area contributed by atoms with E-state index in [0.717, 1.165) is 52.4 Å². The topological polar surface area (TPSA) is 47.7 Å². The van der Waals surface area contributed by atoms with Crippen molar-refractivity contribution in [2.75, 3.05) is 21.3 Å². The highest BCUT2D eigenvalue weighted by Crippen LogP contribution is 2.35. The van der Waals surface area contributed by atoms with Crippen molar-refractivity contribution < 1.29 is 13.9 Å². The van der Waals surface area contributed by atoms with E-state index in [9.17, 15) is 0 Å². The summed E-state index contributed by atoms with van der Waals surface area (Å²) in [7, 11) is 5.36. The second kappa shape index (κ2) is 7.72. The lowest BCUT2D eigenvalue weighted by Crippen LogP contribution is -2.17. The Morgan fingerprint density at radius 1 is 1.12 bits per heavy atom. The zero-order chi connectivity index (χ0) is 17.8. The van der Waals surface area contributed by atoms with Crippen molar-refractivity contribution in [1.82, 2.24) is 9.88 Å². The van der Waals surface area contributed by atoms with Crippen molar-refractivity contribution in [3.63, 3.8) is 0 Å². The SMILES string of the molecule is COc1ccc(-c2nc(CN(C)Cc3ccc(C)o3)cs2)c(OC)c1. The van der Waals surface area contributed by atoms with Crippen molar-refractivity contribution in [3.8, 4) is 22.1 Å². The number of rotatable bonds is 7. The monoisotopic (exact) mass is 358 g/mol. The van der Waals surface area contributed by atoms with Crippen LogP contribution in [0.2, 0.25) is 0 Å². The van der Waals surface area contributed by atoms with Gasteiger partial charge in [-0.3, -0.25) is 4.90 Å². The molecule has 0 saturated heterocycles. The van der Waals surface area contributed by atoms with Crippen LogP contribution in [0, 0.1) is 6.92 Å². The van der Waals surface area contributed by atoms with Gasteiger partial charge in [-0.2, -0.15) is 0 Å². The van der Waals surface area contributed by atoms with E-state index in [1.807, 2.05) is 37.3 Å². The molecule has 2 aromatic heterocycles. The Morgan fingerprint density at radius 2 is 1.96 bits per heavy atom. The van der Waals surface area contributed by atoms with Crippen LogP contribution in [0.4, 0.5) is 0 Å². The molecule has 1 aromatic carbocycles. The van der Waals surface area contributed by atoms with Crippen LogP contribution in [0.1, 0.15) is 17.2 Å². The third-order valence-electron chi connectivity index (χ3n) is 3.84. The number of furan rings is 1. The molecule has 0 bridgehead atoms. The van der Waals surface area contributed by atoms with Crippen molar-refractivity contribution >= 4 is 11.3 Å². The fourth-order valence-corrected chi connectivity index (χ4v) is 3.49. The van der Waals surface area contributed by atoms with E-state index in [4.69, 9.17) is 18.9 Å². The van der Waals surface area contributed by atoms with Crippen LogP contribution in [0.3, 0.4) is 0 Å². The van der Waals surface area contributed by atoms with Gasteiger partial charge in [-0.15, -0.1) is 11.3 Å². The van der Waals surface area contributed by atoms with Gasteiger partial charge in [0, 0.05) is 18.0 Å². The van der Waals surface area contributed by atoms with Gasteiger partial charge in [0.2, 0.25) is 0 Å². The van der Waals surface area contributed by atoms with Gasteiger partial charge >= 0.3 is 0 Å². The quantitative estimate of drug-likeness (QED) is 0.628. The Morgan fingerprint density at radius 3 is 2.64 bits per heavy atom. The lowest BCUT2D eigenvalue weighted by atomic mass is 10.2. The Bertz CT molecular complexity index is 841. The van der Waals surface area contributed by atoms with Crippen LogP contribution in [-0.2, 0) is 13.1 Å². The van der Waals surface area contributed by atoms with E-state index >= 15 is 0 Å². The fraction of sp³-hybridized carbons (Fsp3) is 0.316. The van der Waals surface area contributed by atoms with Gasteiger partial charge in [0.15, 0.2) is 0 Å². The molecule has 0 unspecified atom stereocenters. The smallest absolute Gasteiger partial charge is 0.132 e. The molecular weight excluding hydrogens is 336 g/mol. The van der Waals surface area contributed by atoms with E-state index < -0.39 is 0 Å². The average molecular weight is 358 g/mol. The van der Waals surface area contributed by atoms with Crippen molar-refractivity contribution in [2.45, 2.75) is 20.0 Å². The summed E-state index contributed by atoms with van der Waals surface area (Å²) < 4.78 is 16.4. The lowest BCUT2D eigenvalue weighted by Gasteiger charge is -2.13. The predicted octanol–water partition coefficient (Wildman–Crippen LogP) is 4.36. The number of thiazole rings is 1. The van der Waals surface area contributed by atoms with Crippen LogP contribution in [0.15, 0.2) is 40.1 Å². The summed E-state index contributed by atoms with van der Waals surface area (Å²) in [5.74, 6) is 3.43. The van der Waals surface area contributed by atoms with Crippen LogP contribution in [0.5, 0.6) is 11.5 Å². The van der Waals surface area contributed by atoms with Crippen LogP contribution >= 0.6 is 11.3 Å². The highest BCUT2D eigenvalue weighted by molar-refractivity contribution is 7.13. The number of nitrogens with zero attached hydrogens (tertiary/aromatic N) is 2. The summed E-state index contributed by atoms with van der Waals surface area (Å²) in [5, 5.41) is 3.03. The Hall–Kier alpha value is -2.31. The average Bonchev–Trinajstić information content (AvgIpc) is 3.23. The molecule has 0 atom stereocenters. The number of hydrogen-bond acceptors (Lipinski definition) is 6. The summed E-state index contributed by atoms with van der Waals surface area (Å²) in [6, 6.07) is 9.78. The van der Waals surface area contributed by atoms with Gasteiger partial charge in [-0.05, 0) is 38.2 Å². The van der Waals surface area contributed by atoms with Gasteiger partial charge in [0.1, 0.15) is 28.0 Å². The molecule has 5 nitrogen and oxygen atoms in total. The first kappa shape index (κ1) is 17.5. The molecular formula is C19H22N2O3S. The van der Waals surface area contributed by atoms with Crippen molar-refractivity contribution in [1.29, 1.82) is 0 Å². The lowest BCUT2D eigenvalue weighted by molar-refractivity contribution is 0.283. The largest absolute Gasteiger partial charge is 0.497 e. The van der Waals surface area contributed by atoms with E-state index in [-0.39, 0.29) is 0 Å². The standard InChI is InChI=1S/C19H22N2O3S/c1-13-5-6-16(24-13)11-21(2)10-14-12-25-19(20-14)17-8-7-15(22-3)9-18(17)23-4/h5-9,12H,10-11H2,1-4H3. The molecule has 3 aromatic rings. The zero-order valence-electron chi connectivity index (χ0n) is 14.9. The Kier molecular flexibility index (Phi) is 5.40. The number of ether oxygens (including phenoxy) is 2. The first-order chi connectivity index (χ1) is 12.1. The van der Waals surface area contributed by atoms with E-state index in [1.165, 1.54) is 0 Å². The molecule has 132 valence electrons. The summed E-state index contributed by atoms with van der Waals surface area (Å²) >= 11 is 1.62. The molecule has 0 amide bonds. The summed E-state index contributed by atoms with van der Waals surface area (Å²) in [6.07, 6.45) is 0. The van der Waals surface area contributed by atoms with Gasteiger partial charge in [-0.1, -0.05) is 0 Å². The van der Waals surface area contributed by atoms with Crippen molar-refractivity contribution in [2.24, 2.45) is 0 Å². The molecule has 0 aliphatic heterocycles. The molecule has 2 heterocycles. The molecule has 0 spiro atoms. The molecule has 0 N–H and O–H groups in total. The minimum absolute atomic E-state index is 0.757. The van der Waals surface area contributed by atoms with Gasteiger partial charge in [0.05, 0.1) is 32.0 Å². The molecule has 0 aliphatic carbocycles. The number of aromatic nitrogens is 1. The summed E-state index contributed by atoms with van der Waals surface area (Å²) in [4.78, 5) is 6.94. The number of aryl methyl sites for hydroxylation is 1. The van der Waals surface area contributed by atoms with Gasteiger partial charge < -0.3 is 13.9 Å². The molecule has 0 fully saturated rings. The van der Waals surface area contributed by atoms with Gasteiger partial charge in [0.25, 0.3) is 0 Å². The molecule has 3 rings (SSSR count). The molecule has 6 heteroatoms. The molecule has 0 aliphatic rings. The van der Waals surface area contributed by atoms with E-state index in [2.05, 4.69) is 17.3 Å². The first-order valence-electron chi connectivity index (χ1n) is 7.99. The third-order valence-corrected chi connectivity index (χ3v) is 4.77. The first-order valence-corrected chi connectivity index (χ1v) is 8.87. The third kappa shape index (κ3) is 4.21. The minimum atomic E-state index is 0.757. The zero-order valence-corrected chi connectivity index (χ0v) is 15.7. The van der Waals surface area contributed by atoms with Crippen LogP contribution < -0.4 is 9.47 Å². The van der Waals surface area contributed by atoms with Gasteiger partial charge in [-0.25, -0.2) is 4.98 Å². The van der Waals surface area contributed by atoms with Crippen molar-refractivity contribution in [3.05, 3.63) is 52.9 Å².